The van der Waals surface area contributed by atoms with Gasteiger partial charge in [0.1, 0.15) is 5.75 Å². The van der Waals surface area contributed by atoms with Crippen LogP contribution in [-0.2, 0) is 19.8 Å². The maximum atomic E-state index is 12.1. The van der Waals surface area contributed by atoms with Gasteiger partial charge in [0.15, 0.2) is 18.4 Å². The number of ether oxygens (including phenoxy) is 1. The molecule has 12 heteroatoms. The van der Waals surface area contributed by atoms with Gasteiger partial charge in [-0.05, 0) is 36.6 Å². The predicted molar refractivity (Wildman–Crippen MR) is 134 cm³/mol. The lowest BCUT2D eigenvalue weighted by atomic mass is 9.79. The van der Waals surface area contributed by atoms with Crippen LogP contribution in [0.5, 0.6) is 5.75 Å². The predicted octanol–water partition coefficient (Wildman–Crippen LogP) is 1.92. The van der Waals surface area contributed by atoms with Gasteiger partial charge in [0.2, 0.25) is 0 Å². The molecule has 0 saturated carbocycles. The Bertz CT molecular complexity index is 926. The molecule has 5 N–H and O–H groups in total. The quantitative estimate of drug-likeness (QED) is 0.283. The topological polar surface area (TPSA) is 169 Å². The van der Waals surface area contributed by atoms with Crippen LogP contribution in [0.2, 0.25) is 0 Å². The van der Waals surface area contributed by atoms with Crippen LogP contribution in [0.4, 0.5) is 10.5 Å². The Labute approximate surface area is 216 Å². The molecular weight excluding hydrogens is 486 g/mol. The summed E-state index contributed by atoms with van der Waals surface area (Å²) in [5, 5.41) is 37.3. The van der Waals surface area contributed by atoms with Gasteiger partial charge in [0.05, 0.1) is 0 Å². The number of rotatable bonds is 10. The molecule has 1 saturated heterocycles. The second-order valence-corrected chi connectivity index (χ2v) is 9.56. The van der Waals surface area contributed by atoms with Crippen molar-refractivity contribution >= 4 is 23.7 Å². The van der Waals surface area contributed by atoms with Gasteiger partial charge in [-0.3, -0.25) is 4.84 Å². The van der Waals surface area contributed by atoms with E-state index in [0.717, 1.165) is 31.5 Å². The fourth-order valence-corrected chi connectivity index (χ4v) is 4.42. The number of aliphatic hydroxyl groups excluding tert-OH is 2. The molecule has 2 aliphatic rings. The summed E-state index contributed by atoms with van der Waals surface area (Å²) >= 11 is 0. The number of unbranched alkanes of at least 4 members (excludes halogenated alkanes) is 4. The van der Waals surface area contributed by atoms with Gasteiger partial charge >= 0.3 is 18.0 Å². The molecule has 2 heterocycles. The first kappa shape index (κ1) is 30.3. The third-order valence-electron chi connectivity index (χ3n) is 6.65. The van der Waals surface area contributed by atoms with Gasteiger partial charge in [-0.2, -0.15) is 5.06 Å². The SMILES string of the molecule is CCCCCCCNC(=O)Oc1ccc2c(c1)C1(C)CCN(C)OC1N2C.O=C(O)[C@H](O)[C@@H](O)C(=O)O. The van der Waals surface area contributed by atoms with Crippen molar-refractivity contribution in [3.05, 3.63) is 23.8 Å². The maximum Gasteiger partial charge on any atom is 0.412 e. The number of nitrogens with one attached hydrogen (secondary N) is 1. The van der Waals surface area contributed by atoms with Gasteiger partial charge < -0.3 is 35.4 Å². The average Bonchev–Trinajstić information content (AvgIpc) is 3.07. The lowest BCUT2D eigenvalue weighted by molar-refractivity contribution is -0.226. The van der Waals surface area contributed by atoms with E-state index in [2.05, 4.69) is 31.1 Å². The summed E-state index contributed by atoms with van der Waals surface area (Å²) in [6.45, 7) is 5.97. The molecule has 12 nitrogen and oxygen atoms in total. The lowest BCUT2D eigenvalue weighted by Gasteiger charge is -2.42. The largest absolute Gasteiger partial charge is 0.479 e. The Balaban J connectivity index is 0.000000410. The molecule has 1 aromatic carbocycles. The molecule has 1 amide bonds. The number of carboxylic acids is 2. The molecule has 1 aromatic rings. The number of carboxylic acid groups (broad SMARTS) is 2. The fraction of sp³-hybridized carbons (Fsp3) is 0.640. The Morgan fingerprint density at radius 1 is 1.11 bits per heavy atom. The molecule has 0 spiro atoms. The molecule has 0 bridgehead atoms. The summed E-state index contributed by atoms with van der Waals surface area (Å²) in [5.41, 5.74) is 2.22. The highest BCUT2D eigenvalue weighted by Gasteiger charge is 2.50. The van der Waals surface area contributed by atoms with E-state index in [1.54, 1.807) is 0 Å². The van der Waals surface area contributed by atoms with Crippen molar-refractivity contribution in [1.82, 2.24) is 10.4 Å². The van der Waals surface area contributed by atoms with Gasteiger partial charge in [-0.1, -0.05) is 39.5 Å². The van der Waals surface area contributed by atoms with E-state index in [9.17, 15) is 14.4 Å². The van der Waals surface area contributed by atoms with Crippen LogP contribution in [0.3, 0.4) is 0 Å². The number of benzene rings is 1. The smallest absolute Gasteiger partial charge is 0.412 e. The number of hydrogen-bond donors (Lipinski definition) is 5. The third kappa shape index (κ3) is 7.78. The molecule has 4 atom stereocenters. The van der Waals surface area contributed by atoms with E-state index in [1.165, 1.54) is 24.8 Å². The summed E-state index contributed by atoms with van der Waals surface area (Å²) in [5.74, 6) is -2.95. The van der Waals surface area contributed by atoms with Crippen LogP contribution in [0, 0.1) is 0 Å². The van der Waals surface area contributed by atoms with Crippen LogP contribution < -0.4 is 15.0 Å². The van der Waals surface area contributed by atoms with E-state index < -0.39 is 24.1 Å². The highest BCUT2D eigenvalue weighted by molar-refractivity contribution is 5.83. The van der Waals surface area contributed by atoms with Crippen LogP contribution in [0.1, 0.15) is 57.9 Å². The molecule has 1 fully saturated rings. The molecule has 208 valence electrons. The molecule has 0 aromatic heterocycles. The highest BCUT2D eigenvalue weighted by atomic mass is 16.7. The highest BCUT2D eigenvalue weighted by Crippen LogP contribution is 2.50. The number of anilines is 1. The van der Waals surface area contributed by atoms with E-state index >= 15 is 0 Å². The lowest BCUT2D eigenvalue weighted by Crippen LogP contribution is -2.52. The van der Waals surface area contributed by atoms with Gasteiger partial charge in [0.25, 0.3) is 0 Å². The molecule has 37 heavy (non-hydrogen) atoms. The number of carbonyl (C=O) groups is 3. The summed E-state index contributed by atoms with van der Waals surface area (Å²) in [4.78, 5) is 39.9. The summed E-state index contributed by atoms with van der Waals surface area (Å²) in [6, 6.07) is 5.89. The molecule has 0 radical (unpaired) electrons. The van der Waals surface area contributed by atoms with E-state index in [4.69, 9.17) is 30.0 Å². The number of aliphatic hydroxyl groups is 2. The van der Waals surface area contributed by atoms with Gasteiger partial charge in [-0.15, -0.1) is 0 Å². The summed E-state index contributed by atoms with van der Waals surface area (Å²) < 4.78 is 5.53. The van der Waals surface area contributed by atoms with Crippen molar-refractivity contribution < 1.29 is 44.4 Å². The maximum absolute atomic E-state index is 12.1. The molecule has 0 aliphatic carbocycles. The minimum absolute atomic E-state index is 0.0292. The van der Waals surface area contributed by atoms with Crippen molar-refractivity contribution in [2.24, 2.45) is 0 Å². The molecular formula is C25H39N3O9. The van der Waals surface area contributed by atoms with Crippen molar-refractivity contribution in [2.45, 2.75) is 76.2 Å². The minimum Gasteiger partial charge on any atom is -0.479 e. The van der Waals surface area contributed by atoms with E-state index in [0.29, 0.717) is 12.3 Å². The number of fused-ring (bicyclic) bond motifs is 3. The Kier molecular flexibility index (Phi) is 11.1. The number of aliphatic carboxylic acids is 2. The van der Waals surface area contributed by atoms with Crippen molar-refractivity contribution in [3.63, 3.8) is 0 Å². The first-order valence-corrected chi connectivity index (χ1v) is 12.4. The first-order chi connectivity index (χ1) is 17.4. The monoisotopic (exact) mass is 525 g/mol. The molecule has 2 aliphatic heterocycles. The number of hydroxylamine groups is 2. The number of amides is 1. The zero-order valence-electron chi connectivity index (χ0n) is 21.8. The zero-order chi connectivity index (χ0) is 27.8. The van der Waals surface area contributed by atoms with Crippen molar-refractivity contribution in [2.75, 3.05) is 32.1 Å². The zero-order valence-corrected chi connectivity index (χ0v) is 21.8. The van der Waals surface area contributed by atoms with E-state index in [-0.39, 0.29) is 17.7 Å². The Morgan fingerprint density at radius 3 is 2.32 bits per heavy atom. The second-order valence-electron chi connectivity index (χ2n) is 9.56. The number of nitrogens with zero attached hydrogens (tertiary/aromatic N) is 2. The minimum atomic E-state index is -2.27. The first-order valence-electron chi connectivity index (χ1n) is 12.4. The van der Waals surface area contributed by atoms with E-state index in [1.807, 2.05) is 30.3 Å². The van der Waals surface area contributed by atoms with Crippen LogP contribution in [0.15, 0.2) is 18.2 Å². The van der Waals surface area contributed by atoms with Crippen molar-refractivity contribution in [1.29, 1.82) is 0 Å². The van der Waals surface area contributed by atoms with Gasteiger partial charge in [0, 0.05) is 38.3 Å². The fourth-order valence-electron chi connectivity index (χ4n) is 4.42. The normalized spacial score (nSPS) is 22.1. The van der Waals surface area contributed by atoms with Crippen LogP contribution >= 0.6 is 0 Å². The summed E-state index contributed by atoms with van der Waals surface area (Å²) in [7, 11) is 4.03. The number of likely N-dealkylation sites (N-methyl/N-ethyl adjacent to an activating group) is 1. The Hall–Kier alpha value is -2.93. The summed E-state index contributed by atoms with van der Waals surface area (Å²) in [6.07, 6.45) is 1.91. The third-order valence-corrected chi connectivity index (χ3v) is 6.65. The molecule has 3 rings (SSSR count). The van der Waals surface area contributed by atoms with Crippen molar-refractivity contribution in [3.8, 4) is 5.75 Å². The standard InChI is InChI=1S/C21H33N3O3.C4H6O6/c1-5-6-7-8-9-13-22-20(25)26-16-10-11-18-17(15-16)21(2)12-14-23(3)27-19(21)24(18)4;5-1(3(7)8)2(6)4(9)10/h10-11,15,19H,5-9,12-14H2,1-4H3,(H,22,25);1-2,5-6H,(H,7,8)(H,9,10)/t;1-,2-/m.1/s1. The second kappa shape index (κ2) is 13.6. The molecule has 2 unspecified atom stereocenters. The van der Waals surface area contributed by atoms with Crippen LogP contribution in [0.25, 0.3) is 0 Å². The van der Waals surface area contributed by atoms with Crippen LogP contribution in [-0.4, -0.2) is 89.1 Å². The average molecular weight is 526 g/mol. The number of carbonyl (C=O) groups excluding carboxylic acids is 1. The Morgan fingerprint density at radius 2 is 1.73 bits per heavy atom. The number of hydrogen-bond acceptors (Lipinski definition) is 9. The van der Waals surface area contributed by atoms with Gasteiger partial charge in [-0.25, -0.2) is 14.4 Å².